The number of hydrogen-bond acceptors (Lipinski definition) is 3. The molecule has 5 aromatic rings. The first-order valence-electron chi connectivity index (χ1n) is 10.1. The highest BCUT2D eigenvalue weighted by Crippen LogP contribution is 2.37. The highest BCUT2D eigenvalue weighted by atomic mass is 79.9. The average molecular weight is 467 g/mol. The zero-order valence-corrected chi connectivity index (χ0v) is 19.0. The van der Waals surface area contributed by atoms with E-state index < -0.39 is 0 Å². The minimum Gasteiger partial charge on any atom is -0.337 e. The Morgan fingerprint density at radius 1 is 0.839 bits per heavy atom. The molecule has 5 rings (SSSR count). The molecule has 1 aromatic heterocycles. The van der Waals surface area contributed by atoms with Gasteiger partial charge in [-0.05, 0) is 42.0 Å². The van der Waals surface area contributed by atoms with Crippen molar-refractivity contribution in [2.45, 2.75) is 20.8 Å². The van der Waals surface area contributed by atoms with Crippen molar-refractivity contribution in [3.8, 4) is 23.5 Å². The van der Waals surface area contributed by atoms with E-state index in [1.54, 1.807) is 18.2 Å². The summed E-state index contributed by atoms with van der Waals surface area (Å²) in [7, 11) is 0. The lowest BCUT2D eigenvalue weighted by Crippen LogP contribution is -1.91. The smallest absolute Gasteiger partial charge is 0.141 e. The van der Waals surface area contributed by atoms with Crippen LogP contribution in [0.15, 0.2) is 59.1 Å². The number of nitriles is 2. The molecule has 0 atom stereocenters. The van der Waals surface area contributed by atoms with E-state index in [1.165, 1.54) is 5.56 Å². The maximum absolute atomic E-state index is 9.57. The van der Waals surface area contributed by atoms with Crippen LogP contribution in [-0.2, 0) is 0 Å². The van der Waals surface area contributed by atoms with Gasteiger partial charge in [0.15, 0.2) is 0 Å². The van der Waals surface area contributed by atoms with Crippen LogP contribution in [0.1, 0.15) is 30.5 Å². The van der Waals surface area contributed by atoms with Crippen LogP contribution >= 0.6 is 15.9 Å². The van der Waals surface area contributed by atoms with Gasteiger partial charge in [-0.15, -0.1) is 0 Å². The van der Waals surface area contributed by atoms with E-state index in [1.807, 2.05) is 19.9 Å². The number of halogens is 1. The number of nitrogens with zero attached hydrogens (tertiary/aromatic N) is 3. The molecule has 0 amide bonds. The van der Waals surface area contributed by atoms with Gasteiger partial charge in [0.1, 0.15) is 5.82 Å². The average Bonchev–Trinajstić information content (AvgIpc) is 3.24. The van der Waals surface area contributed by atoms with Crippen LogP contribution in [-0.4, -0.2) is 9.97 Å². The Balaban J connectivity index is 0.00000112. The summed E-state index contributed by atoms with van der Waals surface area (Å²) in [5.41, 5.74) is 4.31. The molecule has 1 N–H and O–H groups in total. The van der Waals surface area contributed by atoms with E-state index in [-0.39, 0.29) is 0 Å². The second kappa shape index (κ2) is 8.22. The molecule has 0 spiro atoms. The minimum atomic E-state index is 0.426. The fourth-order valence-electron chi connectivity index (χ4n) is 3.92. The molecule has 150 valence electrons. The van der Waals surface area contributed by atoms with Crippen molar-refractivity contribution in [2.75, 3.05) is 0 Å². The monoisotopic (exact) mass is 466 g/mol. The molecule has 0 saturated heterocycles. The third kappa shape index (κ3) is 3.34. The number of aromatic nitrogens is 2. The van der Waals surface area contributed by atoms with E-state index in [9.17, 15) is 10.5 Å². The quantitative estimate of drug-likeness (QED) is 0.261. The SMILES string of the molecule is CC.Cc1ccc2c(c1)c1cc(Br)ccc1c1nc(-c3c(C#N)cccc3C#N)[nH]c21. The summed E-state index contributed by atoms with van der Waals surface area (Å²) < 4.78 is 1.00. The molecule has 0 aliphatic heterocycles. The zero-order chi connectivity index (χ0) is 22.1. The van der Waals surface area contributed by atoms with Gasteiger partial charge in [-0.2, -0.15) is 10.5 Å². The summed E-state index contributed by atoms with van der Waals surface area (Å²) in [6.07, 6.45) is 0. The van der Waals surface area contributed by atoms with Crippen molar-refractivity contribution in [1.29, 1.82) is 10.5 Å². The summed E-state index contributed by atoms with van der Waals surface area (Å²) in [4.78, 5) is 8.26. The second-order valence-electron chi connectivity index (χ2n) is 7.00. The van der Waals surface area contributed by atoms with Crippen molar-refractivity contribution in [1.82, 2.24) is 9.97 Å². The number of rotatable bonds is 1. The highest BCUT2D eigenvalue weighted by Gasteiger charge is 2.18. The summed E-state index contributed by atoms with van der Waals surface area (Å²) in [6, 6.07) is 22.0. The molecule has 31 heavy (non-hydrogen) atoms. The van der Waals surface area contributed by atoms with Crippen LogP contribution in [0.2, 0.25) is 0 Å². The third-order valence-electron chi connectivity index (χ3n) is 5.22. The van der Waals surface area contributed by atoms with Crippen LogP contribution in [0.5, 0.6) is 0 Å². The van der Waals surface area contributed by atoms with Crippen LogP contribution in [0.4, 0.5) is 0 Å². The van der Waals surface area contributed by atoms with Gasteiger partial charge < -0.3 is 4.98 Å². The molecule has 0 aliphatic carbocycles. The molecule has 5 heteroatoms. The number of aromatic amines is 1. The molecule has 0 unspecified atom stereocenters. The van der Waals surface area contributed by atoms with Crippen molar-refractivity contribution in [2.24, 2.45) is 0 Å². The zero-order valence-electron chi connectivity index (χ0n) is 17.4. The fourth-order valence-corrected chi connectivity index (χ4v) is 4.28. The molecule has 0 saturated carbocycles. The van der Waals surface area contributed by atoms with Crippen molar-refractivity contribution in [3.63, 3.8) is 0 Å². The highest BCUT2D eigenvalue weighted by molar-refractivity contribution is 9.10. The molecule has 4 nitrogen and oxygen atoms in total. The molecule has 0 fully saturated rings. The van der Waals surface area contributed by atoms with Gasteiger partial charge in [0.05, 0.1) is 39.9 Å². The van der Waals surface area contributed by atoms with Crippen molar-refractivity contribution < 1.29 is 0 Å². The van der Waals surface area contributed by atoms with Gasteiger partial charge >= 0.3 is 0 Å². The summed E-state index contributed by atoms with van der Waals surface area (Å²) in [5, 5.41) is 23.5. The first-order chi connectivity index (χ1) is 15.1. The topological polar surface area (TPSA) is 76.3 Å². The molecule has 1 heterocycles. The van der Waals surface area contributed by atoms with Crippen molar-refractivity contribution >= 4 is 48.5 Å². The Kier molecular flexibility index (Phi) is 5.46. The van der Waals surface area contributed by atoms with Crippen LogP contribution < -0.4 is 0 Å². The van der Waals surface area contributed by atoms with Gasteiger partial charge in [0.25, 0.3) is 0 Å². The van der Waals surface area contributed by atoms with Gasteiger partial charge in [-0.25, -0.2) is 4.98 Å². The van der Waals surface area contributed by atoms with Crippen LogP contribution in [0.25, 0.3) is 44.0 Å². The molecule has 0 radical (unpaired) electrons. The summed E-state index contributed by atoms with van der Waals surface area (Å²) in [6.45, 7) is 6.08. The maximum Gasteiger partial charge on any atom is 0.141 e. The number of nitrogens with one attached hydrogen (secondary N) is 1. The Hall–Kier alpha value is -3.67. The molecule has 0 aliphatic rings. The van der Waals surface area contributed by atoms with E-state index in [0.29, 0.717) is 22.5 Å². The predicted octanol–water partition coefficient (Wildman–Crippen LogP) is 7.38. The van der Waals surface area contributed by atoms with E-state index in [4.69, 9.17) is 4.98 Å². The largest absolute Gasteiger partial charge is 0.337 e. The lowest BCUT2D eigenvalue weighted by atomic mass is 9.98. The maximum atomic E-state index is 9.57. The van der Waals surface area contributed by atoms with Crippen LogP contribution in [0, 0.1) is 29.6 Å². The lowest BCUT2D eigenvalue weighted by molar-refractivity contribution is 1.31. The fraction of sp³-hybridized carbons (Fsp3) is 0.115. The number of H-pyrrole nitrogens is 1. The first kappa shape index (κ1) is 20.6. The summed E-state index contributed by atoms with van der Waals surface area (Å²) >= 11 is 3.58. The van der Waals surface area contributed by atoms with E-state index in [0.717, 1.165) is 37.1 Å². The molecule has 4 aromatic carbocycles. The number of aryl methyl sites for hydroxylation is 1. The molecular formula is C26H19BrN4. The second-order valence-corrected chi connectivity index (χ2v) is 7.92. The van der Waals surface area contributed by atoms with Gasteiger partial charge in [-0.1, -0.05) is 65.7 Å². The summed E-state index contributed by atoms with van der Waals surface area (Å²) in [5.74, 6) is 0.533. The first-order valence-corrected chi connectivity index (χ1v) is 10.8. The standard InChI is InChI=1S/C24H13BrN4.C2H6/c1-13-5-7-17-19(9-13)20-10-16(25)6-8-18(20)23-22(17)28-24(29-23)21-14(11-26)3-2-4-15(21)12-27;1-2/h2-10H,1H3,(H,28,29);1-2H3. The number of imidazole rings is 1. The number of fused-ring (bicyclic) bond motifs is 6. The van der Waals surface area contributed by atoms with Gasteiger partial charge in [0.2, 0.25) is 0 Å². The van der Waals surface area contributed by atoms with Gasteiger partial charge in [0, 0.05) is 15.2 Å². The normalized spacial score (nSPS) is 10.5. The molecular weight excluding hydrogens is 448 g/mol. The van der Waals surface area contributed by atoms with Gasteiger partial charge in [-0.3, -0.25) is 0 Å². The Morgan fingerprint density at radius 2 is 1.48 bits per heavy atom. The van der Waals surface area contributed by atoms with Crippen LogP contribution in [0.3, 0.4) is 0 Å². The predicted molar refractivity (Wildman–Crippen MR) is 130 cm³/mol. The molecule has 0 bridgehead atoms. The Morgan fingerprint density at radius 3 is 2.16 bits per heavy atom. The minimum absolute atomic E-state index is 0.426. The number of hydrogen-bond donors (Lipinski definition) is 1. The van der Waals surface area contributed by atoms with E-state index in [2.05, 4.69) is 70.3 Å². The Bertz CT molecular complexity index is 1440. The van der Waals surface area contributed by atoms with Crippen molar-refractivity contribution in [3.05, 3.63) is 75.8 Å². The Labute approximate surface area is 188 Å². The lowest BCUT2D eigenvalue weighted by Gasteiger charge is -2.07. The number of benzene rings is 4. The van der Waals surface area contributed by atoms with E-state index >= 15 is 0 Å². The third-order valence-corrected chi connectivity index (χ3v) is 5.71.